The molecule has 0 spiro atoms. The van der Waals surface area contributed by atoms with Crippen molar-refractivity contribution in [1.82, 2.24) is 9.97 Å². The van der Waals surface area contributed by atoms with Crippen molar-refractivity contribution in [3.05, 3.63) is 40.0 Å². The fourth-order valence-corrected chi connectivity index (χ4v) is 1.96. The lowest BCUT2D eigenvalue weighted by Crippen LogP contribution is -2.10. The van der Waals surface area contributed by atoms with Crippen LogP contribution in [0.15, 0.2) is 22.7 Å². The largest absolute Gasteiger partial charge is 0.308 e. The van der Waals surface area contributed by atoms with Crippen molar-refractivity contribution in [3.8, 4) is 11.4 Å². The van der Waals surface area contributed by atoms with E-state index in [1.54, 1.807) is 13.0 Å². The van der Waals surface area contributed by atoms with Gasteiger partial charge in [-0.25, -0.2) is 24.6 Å². The molecule has 0 radical (unpaired) electrons. The van der Waals surface area contributed by atoms with Crippen LogP contribution < -0.4 is 11.3 Å². The zero-order valence-electron chi connectivity index (χ0n) is 9.34. The highest BCUT2D eigenvalue weighted by Crippen LogP contribution is 2.30. The number of hydrazine groups is 1. The summed E-state index contributed by atoms with van der Waals surface area (Å²) >= 11 is 2.99. The first-order valence-electron chi connectivity index (χ1n) is 4.99. The summed E-state index contributed by atoms with van der Waals surface area (Å²) in [5, 5.41) is 0. The summed E-state index contributed by atoms with van der Waals surface area (Å²) in [7, 11) is 0. The number of nitrogens with zero attached hydrogens (tertiary/aromatic N) is 2. The maximum Gasteiger partial charge on any atom is 0.173 e. The number of hydrogen-bond acceptors (Lipinski definition) is 4. The molecule has 4 nitrogen and oxygen atoms in total. The van der Waals surface area contributed by atoms with Crippen molar-refractivity contribution in [2.75, 3.05) is 5.43 Å². The van der Waals surface area contributed by atoms with E-state index < -0.39 is 11.6 Å². The molecule has 0 unspecified atom stereocenters. The van der Waals surface area contributed by atoms with E-state index in [0.29, 0.717) is 17.1 Å². The van der Waals surface area contributed by atoms with Gasteiger partial charge in [-0.1, -0.05) is 0 Å². The van der Waals surface area contributed by atoms with Crippen LogP contribution in [0.5, 0.6) is 0 Å². The second-order valence-corrected chi connectivity index (χ2v) is 4.38. The summed E-state index contributed by atoms with van der Waals surface area (Å²) < 4.78 is 26.4. The Balaban J connectivity index is 2.62. The molecule has 3 N–H and O–H groups in total. The summed E-state index contributed by atoms with van der Waals surface area (Å²) in [4.78, 5) is 8.25. The van der Waals surface area contributed by atoms with E-state index in [4.69, 9.17) is 5.84 Å². The Labute approximate surface area is 110 Å². The van der Waals surface area contributed by atoms with Crippen molar-refractivity contribution in [3.63, 3.8) is 0 Å². The van der Waals surface area contributed by atoms with Crippen LogP contribution in [-0.4, -0.2) is 9.97 Å². The average Bonchev–Trinajstić information content (AvgIpc) is 2.35. The maximum atomic E-state index is 13.4. The Morgan fingerprint density at radius 3 is 2.67 bits per heavy atom. The molecule has 0 saturated heterocycles. The normalized spacial score (nSPS) is 10.5. The SMILES string of the molecule is Cc1cc(NN)nc(-c2ccc(F)c(F)c2Br)n1. The van der Waals surface area contributed by atoms with Crippen molar-refractivity contribution in [2.24, 2.45) is 5.84 Å². The van der Waals surface area contributed by atoms with Gasteiger partial charge >= 0.3 is 0 Å². The monoisotopic (exact) mass is 314 g/mol. The quantitative estimate of drug-likeness (QED) is 0.508. The minimum absolute atomic E-state index is 0.0175. The van der Waals surface area contributed by atoms with E-state index in [-0.39, 0.29) is 10.3 Å². The third kappa shape index (κ3) is 2.32. The second-order valence-electron chi connectivity index (χ2n) is 3.59. The fraction of sp³-hybridized carbons (Fsp3) is 0.0909. The van der Waals surface area contributed by atoms with E-state index in [9.17, 15) is 8.78 Å². The Kier molecular flexibility index (Phi) is 3.53. The molecule has 1 aromatic carbocycles. The van der Waals surface area contributed by atoms with Crippen LogP contribution in [0.2, 0.25) is 0 Å². The predicted molar refractivity (Wildman–Crippen MR) is 67.6 cm³/mol. The molecule has 1 aromatic heterocycles. The first-order chi connectivity index (χ1) is 8.52. The lowest BCUT2D eigenvalue weighted by molar-refractivity contribution is 0.504. The van der Waals surface area contributed by atoms with E-state index >= 15 is 0 Å². The molecule has 94 valence electrons. The smallest absolute Gasteiger partial charge is 0.173 e. The lowest BCUT2D eigenvalue weighted by Gasteiger charge is -2.08. The molecule has 0 aliphatic rings. The van der Waals surface area contributed by atoms with Gasteiger partial charge in [-0.2, -0.15) is 0 Å². The summed E-state index contributed by atoms with van der Waals surface area (Å²) in [6, 6.07) is 4.06. The van der Waals surface area contributed by atoms with Gasteiger partial charge in [-0.15, -0.1) is 0 Å². The molecule has 0 aliphatic carbocycles. The van der Waals surface area contributed by atoms with E-state index in [1.807, 2.05) is 0 Å². The molecule has 0 amide bonds. The molecule has 0 atom stereocenters. The van der Waals surface area contributed by atoms with Crippen LogP contribution in [0, 0.1) is 18.6 Å². The Hall–Kier alpha value is -1.60. The number of nitrogens with two attached hydrogens (primary N) is 1. The first kappa shape index (κ1) is 12.8. The Bertz CT molecular complexity index is 604. The van der Waals surface area contributed by atoms with E-state index in [2.05, 4.69) is 31.3 Å². The van der Waals surface area contributed by atoms with Crippen molar-refractivity contribution < 1.29 is 8.78 Å². The average molecular weight is 315 g/mol. The molecule has 7 heteroatoms. The van der Waals surface area contributed by atoms with Gasteiger partial charge in [0.1, 0.15) is 5.82 Å². The van der Waals surface area contributed by atoms with Crippen molar-refractivity contribution >= 4 is 21.7 Å². The molecule has 0 saturated carbocycles. The Morgan fingerprint density at radius 2 is 2.00 bits per heavy atom. The molecular formula is C11H9BrF2N4. The van der Waals surface area contributed by atoms with Gasteiger partial charge in [0.15, 0.2) is 17.5 Å². The minimum Gasteiger partial charge on any atom is -0.308 e. The third-order valence-corrected chi connectivity index (χ3v) is 3.05. The Morgan fingerprint density at radius 1 is 1.28 bits per heavy atom. The highest BCUT2D eigenvalue weighted by molar-refractivity contribution is 9.10. The second kappa shape index (κ2) is 4.95. The van der Waals surface area contributed by atoms with Crippen LogP contribution >= 0.6 is 15.9 Å². The zero-order chi connectivity index (χ0) is 13.3. The number of halogens is 3. The van der Waals surface area contributed by atoms with Crippen LogP contribution in [0.25, 0.3) is 11.4 Å². The summed E-state index contributed by atoms with van der Waals surface area (Å²) in [5.74, 6) is 4.02. The fourth-order valence-electron chi connectivity index (χ4n) is 1.46. The first-order valence-corrected chi connectivity index (χ1v) is 5.78. The number of aryl methyl sites for hydroxylation is 1. The van der Waals surface area contributed by atoms with Gasteiger partial charge in [-0.05, 0) is 35.0 Å². The topological polar surface area (TPSA) is 63.8 Å². The van der Waals surface area contributed by atoms with Gasteiger partial charge < -0.3 is 5.43 Å². The van der Waals surface area contributed by atoms with Crippen LogP contribution in [0.1, 0.15) is 5.69 Å². The number of hydrogen-bond donors (Lipinski definition) is 2. The number of aromatic nitrogens is 2. The van der Waals surface area contributed by atoms with Crippen molar-refractivity contribution in [1.29, 1.82) is 0 Å². The van der Waals surface area contributed by atoms with E-state index in [1.165, 1.54) is 6.07 Å². The van der Waals surface area contributed by atoms with Crippen molar-refractivity contribution in [2.45, 2.75) is 6.92 Å². The number of anilines is 1. The van der Waals surface area contributed by atoms with Gasteiger partial charge in [0, 0.05) is 17.3 Å². The molecule has 0 bridgehead atoms. The number of rotatable bonds is 2. The maximum absolute atomic E-state index is 13.4. The highest BCUT2D eigenvalue weighted by atomic mass is 79.9. The molecule has 18 heavy (non-hydrogen) atoms. The molecule has 1 heterocycles. The van der Waals surface area contributed by atoms with Crippen LogP contribution in [0.3, 0.4) is 0 Å². The van der Waals surface area contributed by atoms with Gasteiger partial charge in [0.2, 0.25) is 0 Å². The van der Waals surface area contributed by atoms with Crippen LogP contribution in [0.4, 0.5) is 14.6 Å². The van der Waals surface area contributed by atoms with Crippen LogP contribution in [-0.2, 0) is 0 Å². The standard InChI is InChI=1S/C11H9BrF2N4/c1-5-4-8(18-15)17-11(16-5)6-2-3-7(13)10(14)9(6)12/h2-4H,15H2,1H3,(H,16,17,18). The molecule has 2 aromatic rings. The summed E-state index contributed by atoms with van der Waals surface area (Å²) in [6.07, 6.45) is 0. The zero-order valence-corrected chi connectivity index (χ0v) is 10.9. The van der Waals surface area contributed by atoms with Gasteiger partial charge in [-0.3, -0.25) is 0 Å². The number of nitrogens with one attached hydrogen (secondary N) is 1. The third-order valence-electron chi connectivity index (χ3n) is 2.28. The molecular weight excluding hydrogens is 306 g/mol. The lowest BCUT2D eigenvalue weighted by atomic mass is 10.2. The minimum atomic E-state index is -0.972. The summed E-state index contributed by atoms with van der Waals surface area (Å²) in [5.41, 5.74) is 3.40. The molecule has 0 aliphatic heterocycles. The number of benzene rings is 1. The van der Waals surface area contributed by atoms with Gasteiger partial charge in [0.05, 0.1) is 4.47 Å². The van der Waals surface area contributed by atoms with Gasteiger partial charge in [0.25, 0.3) is 0 Å². The number of nitrogen functional groups attached to an aromatic ring is 1. The predicted octanol–water partition coefficient (Wildman–Crippen LogP) is 2.78. The van der Waals surface area contributed by atoms with E-state index in [0.717, 1.165) is 6.07 Å². The molecule has 2 rings (SSSR count). The summed E-state index contributed by atoms with van der Waals surface area (Å²) in [6.45, 7) is 1.75. The highest BCUT2D eigenvalue weighted by Gasteiger charge is 2.15. The molecule has 0 fully saturated rings.